The topological polar surface area (TPSA) is 75.3 Å². The predicted octanol–water partition coefficient (Wildman–Crippen LogP) is 3.34. The minimum absolute atomic E-state index is 0.0485. The fourth-order valence-corrected chi connectivity index (χ4v) is 3.64. The summed E-state index contributed by atoms with van der Waals surface area (Å²) < 4.78 is 26.8. The van der Waals surface area contributed by atoms with Crippen LogP contribution in [0.5, 0.6) is 0 Å². The predicted molar refractivity (Wildman–Crippen MR) is 96.4 cm³/mol. The average molecular weight is 354 g/mol. The molecule has 2 aromatic rings. The van der Waals surface area contributed by atoms with Crippen LogP contribution in [0.25, 0.3) is 10.1 Å². The third-order valence-corrected chi connectivity index (χ3v) is 6.22. The van der Waals surface area contributed by atoms with Gasteiger partial charge in [-0.15, -0.1) is 11.3 Å². The Hall–Kier alpha value is -1.44. The van der Waals surface area contributed by atoms with E-state index in [2.05, 4.69) is 10.0 Å². The van der Waals surface area contributed by atoms with Gasteiger partial charge >= 0.3 is 0 Å². The molecule has 5 nitrogen and oxygen atoms in total. The van der Waals surface area contributed by atoms with Crippen LogP contribution in [0, 0.1) is 0 Å². The largest absolute Gasteiger partial charge is 0.326 e. The summed E-state index contributed by atoms with van der Waals surface area (Å²) in [7, 11) is -3.21. The maximum absolute atomic E-state index is 11.9. The number of hydrogen-bond acceptors (Lipinski definition) is 4. The summed E-state index contributed by atoms with van der Waals surface area (Å²) >= 11 is 1.64. The zero-order valence-electron chi connectivity index (χ0n) is 13.3. The van der Waals surface area contributed by atoms with E-state index in [0.29, 0.717) is 25.8 Å². The molecule has 1 aromatic carbocycles. The van der Waals surface area contributed by atoms with Gasteiger partial charge < -0.3 is 5.32 Å². The van der Waals surface area contributed by atoms with Crippen molar-refractivity contribution in [2.45, 2.75) is 38.4 Å². The minimum atomic E-state index is -3.21. The van der Waals surface area contributed by atoms with Gasteiger partial charge in [0.05, 0.1) is 5.25 Å². The van der Waals surface area contributed by atoms with E-state index in [0.717, 1.165) is 10.4 Å². The fraction of sp³-hybridized carbons (Fsp3) is 0.438. The summed E-state index contributed by atoms with van der Waals surface area (Å²) in [5.41, 5.74) is 0.797. The van der Waals surface area contributed by atoms with Crippen molar-refractivity contribution in [1.82, 2.24) is 4.72 Å². The standard InChI is InChI=1S/C16H22N2O3S2/c1-12(2)23(20,21)17-9-4-3-5-16(19)18-14-7-6-13-8-10-22-15(13)11-14/h6-8,10-12,17H,3-5,9H2,1-2H3,(H,18,19). The molecule has 0 unspecified atom stereocenters. The highest BCUT2D eigenvalue weighted by molar-refractivity contribution is 7.90. The van der Waals surface area contributed by atoms with Crippen molar-refractivity contribution in [3.8, 4) is 0 Å². The van der Waals surface area contributed by atoms with Crippen LogP contribution in [-0.2, 0) is 14.8 Å². The number of fused-ring (bicyclic) bond motifs is 1. The van der Waals surface area contributed by atoms with Gasteiger partial charge in [0.25, 0.3) is 0 Å². The summed E-state index contributed by atoms with van der Waals surface area (Å²) in [4.78, 5) is 11.9. The van der Waals surface area contributed by atoms with Crippen LogP contribution >= 0.6 is 11.3 Å². The normalized spacial score (nSPS) is 12.0. The lowest BCUT2D eigenvalue weighted by Gasteiger charge is -2.09. The molecule has 0 fully saturated rings. The van der Waals surface area contributed by atoms with Gasteiger partial charge in [-0.05, 0) is 55.7 Å². The summed E-state index contributed by atoms with van der Waals surface area (Å²) in [6, 6.07) is 7.89. The van der Waals surface area contributed by atoms with Gasteiger partial charge in [0.2, 0.25) is 15.9 Å². The molecule has 0 aliphatic carbocycles. The number of carbonyl (C=O) groups excluding carboxylic acids is 1. The monoisotopic (exact) mass is 354 g/mol. The van der Waals surface area contributed by atoms with Gasteiger partial charge in [-0.25, -0.2) is 13.1 Å². The molecular formula is C16H22N2O3S2. The summed E-state index contributed by atoms with van der Waals surface area (Å²) in [6.07, 6.45) is 1.67. The Morgan fingerprint density at radius 3 is 2.74 bits per heavy atom. The SMILES string of the molecule is CC(C)S(=O)(=O)NCCCCC(=O)Nc1ccc2ccsc2c1. The Morgan fingerprint density at radius 2 is 2.00 bits per heavy atom. The van der Waals surface area contributed by atoms with Crippen LogP contribution in [0.1, 0.15) is 33.1 Å². The number of amides is 1. The van der Waals surface area contributed by atoms with E-state index < -0.39 is 15.3 Å². The van der Waals surface area contributed by atoms with E-state index >= 15 is 0 Å². The van der Waals surface area contributed by atoms with Crippen molar-refractivity contribution in [3.63, 3.8) is 0 Å². The summed E-state index contributed by atoms with van der Waals surface area (Å²) in [5.74, 6) is -0.0485. The highest BCUT2D eigenvalue weighted by Gasteiger charge is 2.14. The molecule has 0 saturated heterocycles. The molecule has 0 atom stereocenters. The van der Waals surface area contributed by atoms with Gasteiger partial charge in [0.1, 0.15) is 0 Å². The van der Waals surface area contributed by atoms with E-state index in [4.69, 9.17) is 0 Å². The zero-order valence-corrected chi connectivity index (χ0v) is 15.0. The average Bonchev–Trinajstić information content (AvgIpc) is 2.94. The molecule has 23 heavy (non-hydrogen) atoms. The third kappa shape index (κ3) is 5.30. The van der Waals surface area contributed by atoms with Crippen LogP contribution in [0.2, 0.25) is 0 Å². The van der Waals surface area contributed by atoms with Crippen LogP contribution < -0.4 is 10.0 Å². The molecule has 0 aliphatic heterocycles. The van der Waals surface area contributed by atoms with E-state index in [1.807, 2.05) is 29.6 Å². The Bertz CT molecular complexity index is 766. The van der Waals surface area contributed by atoms with Crippen molar-refractivity contribution in [2.24, 2.45) is 0 Å². The first-order valence-electron chi connectivity index (χ1n) is 7.64. The number of nitrogens with one attached hydrogen (secondary N) is 2. The first-order valence-corrected chi connectivity index (χ1v) is 10.1. The number of carbonyl (C=O) groups is 1. The molecule has 0 spiro atoms. The van der Waals surface area contributed by atoms with Gasteiger partial charge in [-0.2, -0.15) is 0 Å². The maximum Gasteiger partial charge on any atom is 0.224 e. The van der Waals surface area contributed by atoms with Gasteiger partial charge in [0, 0.05) is 23.4 Å². The quantitative estimate of drug-likeness (QED) is 0.714. The lowest BCUT2D eigenvalue weighted by atomic mass is 10.2. The maximum atomic E-state index is 11.9. The second-order valence-electron chi connectivity index (χ2n) is 5.67. The van der Waals surface area contributed by atoms with Gasteiger partial charge in [0.15, 0.2) is 0 Å². The number of unbranched alkanes of at least 4 members (excludes halogenated alkanes) is 1. The molecule has 1 heterocycles. The number of benzene rings is 1. The summed E-state index contributed by atoms with van der Waals surface area (Å²) in [6.45, 7) is 3.65. The molecule has 2 rings (SSSR count). The molecular weight excluding hydrogens is 332 g/mol. The second-order valence-corrected chi connectivity index (χ2v) is 8.94. The van der Waals surface area contributed by atoms with Crippen molar-refractivity contribution in [3.05, 3.63) is 29.6 Å². The first-order chi connectivity index (χ1) is 10.9. The Labute approximate surface area is 141 Å². The first kappa shape index (κ1) is 17.9. The Balaban J connectivity index is 1.71. The number of hydrogen-bond donors (Lipinski definition) is 2. The van der Waals surface area contributed by atoms with E-state index in [1.54, 1.807) is 25.2 Å². The lowest BCUT2D eigenvalue weighted by molar-refractivity contribution is -0.116. The molecule has 0 aliphatic rings. The summed E-state index contributed by atoms with van der Waals surface area (Å²) in [5, 5.41) is 5.64. The molecule has 2 N–H and O–H groups in total. The van der Waals surface area contributed by atoms with Crippen molar-refractivity contribution in [2.75, 3.05) is 11.9 Å². The molecule has 0 radical (unpaired) electrons. The van der Waals surface area contributed by atoms with Crippen molar-refractivity contribution >= 4 is 43.0 Å². The molecule has 7 heteroatoms. The number of sulfonamides is 1. The second kappa shape index (κ2) is 7.90. The van der Waals surface area contributed by atoms with Crippen LogP contribution in [0.4, 0.5) is 5.69 Å². The van der Waals surface area contributed by atoms with Crippen LogP contribution in [0.3, 0.4) is 0 Å². The zero-order chi connectivity index (χ0) is 16.9. The van der Waals surface area contributed by atoms with E-state index in [1.165, 1.54) is 5.39 Å². The fourth-order valence-electron chi connectivity index (χ4n) is 2.05. The minimum Gasteiger partial charge on any atom is -0.326 e. The molecule has 126 valence electrons. The Morgan fingerprint density at radius 1 is 1.22 bits per heavy atom. The molecule has 1 aromatic heterocycles. The number of thiophene rings is 1. The number of anilines is 1. The third-order valence-electron chi connectivity index (χ3n) is 3.49. The Kier molecular flexibility index (Phi) is 6.15. The lowest BCUT2D eigenvalue weighted by Crippen LogP contribution is -2.31. The smallest absolute Gasteiger partial charge is 0.224 e. The van der Waals surface area contributed by atoms with E-state index in [9.17, 15) is 13.2 Å². The van der Waals surface area contributed by atoms with Crippen molar-refractivity contribution in [1.29, 1.82) is 0 Å². The molecule has 0 saturated carbocycles. The number of rotatable bonds is 8. The van der Waals surface area contributed by atoms with Gasteiger partial charge in [-0.3, -0.25) is 4.79 Å². The van der Waals surface area contributed by atoms with Gasteiger partial charge in [-0.1, -0.05) is 6.07 Å². The molecule has 1 amide bonds. The molecule has 0 bridgehead atoms. The van der Waals surface area contributed by atoms with Crippen molar-refractivity contribution < 1.29 is 13.2 Å². The van der Waals surface area contributed by atoms with Crippen LogP contribution in [-0.4, -0.2) is 26.1 Å². The highest BCUT2D eigenvalue weighted by atomic mass is 32.2. The van der Waals surface area contributed by atoms with Crippen LogP contribution in [0.15, 0.2) is 29.6 Å². The van der Waals surface area contributed by atoms with E-state index in [-0.39, 0.29) is 5.91 Å². The highest BCUT2D eigenvalue weighted by Crippen LogP contribution is 2.24.